The second-order valence-corrected chi connectivity index (χ2v) is 7.14. The molecule has 0 aromatic heterocycles. The van der Waals surface area contributed by atoms with Gasteiger partial charge >= 0.3 is 0 Å². The summed E-state index contributed by atoms with van der Waals surface area (Å²) in [6.45, 7) is 1.12. The lowest BCUT2D eigenvalue weighted by atomic mass is 9.94. The van der Waals surface area contributed by atoms with Crippen molar-refractivity contribution in [3.8, 4) is 0 Å². The van der Waals surface area contributed by atoms with E-state index in [1.807, 2.05) is 18.2 Å². The van der Waals surface area contributed by atoms with Crippen molar-refractivity contribution in [2.75, 3.05) is 25.0 Å². The van der Waals surface area contributed by atoms with Crippen LogP contribution in [0.1, 0.15) is 25.7 Å². The first-order valence-corrected chi connectivity index (χ1v) is 8.95. The Labute approximate surface area is 147 Å². The van der Waals surface area contributed by atoms with Gasteiger partial charge in [-0.15, -0.1) is 0 Å². The summed E-state index contributed by atoms with van der Waals surface area (Å²) in [7, 11) is 1.74. The average molecular weight is 350 g/mol. The molecular weight excluding hydrogens is 326 g/mol. The van der Waals surface area contributed by atoms with E-state index in [0.717, 1.165) is 19.3 Å². The molecule has 0 bridgehead atoms. The molecule has 2 amide bonds. The number of halogens is 1. The molecule has 0 spiro atoms. The predicted octanol–water partition coefficient (Wildman–Crippen LogP) is 2.28. The summed E-state index contributed by atoms with van der Waals surface area (Å²) >= 11 is 6.21. The van der Waals surface area contributed by atoms with Crippen molar-refractivity contribution >= 4 is 29.1 Å². The third-order valence-corrected chi connectivity index (χ3v) is 5.73. The van der Waals surface area contributed by atoms with Gasteiger partial charge in [0.05, 0.1) is 10.7 Å². The zero-order valence-corrected chi connectivity index (χ0v) is 14.7. The van der Waals surface area contributed by atoms with Gasteiger partial charge in [-0.3, -0.25) is 9.59 Å². The van der Waals surface area contributed by atoms with E-state index in [0.29, 0.717) is 30.2 Å². The molecule has 1 saturated carbocycles. The molecule has 2 N–H and O–H groups in total. The molecule has 24 heavy (non-hydrogen) atoms. The van der Waals surface area contributed by atoms with Crippen molar-refractivity contribution in [2.45, 2.75) is 31.7 Å². The number of carbonyl (C=O) groups excluding carboxylic acids is 2. The third kappa shape index (κ3) is 3.03. The summed E-state index contributed by atoms with van der Waals surface area (Å²) < 4.78 is 0. The quantitative estimate of drug-likeness (QED) is 0.906. The maximum Gasteiger partial charge on any atom is 0.249 e. The van der Waals surface area contributed by atoms with Crippen LogP contribution in [-0.4, -0.2) is 42.9 Å². The number of hydrogen-bond acceptors (Lipinski definition) is 3. The molecule has 2 fully saturated rings. The standard InChI is InChI=1S/C18H24ClN3O2/c1-21(17(23)13-6-4-5-12(13)11-20)16-9-10-22(18(16)24)15-8-3-2-7-14(15)19/h2-3,7-8,12-13,16H,4-6,9-11,20H2,1H3/t12-,13-,16?/m1/s1. The average Bonchev–Trinajstić information content (AvgIpc) is 3.20. The highest BCUT2D eigenvalue weighted by Gasteiger charge is 2.41. The molecule has 2 aliphatic rings. The Morgan fingerprint density at radius 1 is 1.33 bits per heavy atom. The summed E-state index contributed by atoms with van der Waals surface area (Å²) in [4.78, 5) is 29.0. The van der Waals surface area contributed by atoms with Gasteiger partial charge in [-0.2, -0.15) is 0 Å². The minimum absolute atomic E-state index is 0.0397. The largest absolute Gasteiger partial charge is 0.333 e. The molecular formula is C18H24ClN3O2. The number of anilines is 1. The molecule has 0 radical (unpaired) electrons. The van der Waals surface area contributed by atoms with E-state index in [2.05, 4.69) is 0 Å². The summed E-state index contributed by atoms with van der Waals surface area (Å²) in [6, 6.07) is 6.91. The lowest BCUT2D eigenvalue weighted by Crippen LogP contribution is -2.46. The van der Waals surface area contributed by atoms with Gasteiger partial charge in [-0.25, -0.2) is 0 Å². The van der Waals surface area contributed by atoms with Crippen LogP contribution in [0.25, 0.3) is 0 Å². The van der Waals surface area contributed by atoms with Crippen molar-refractivity contribution in [1.82, 2.24) is 4.90 Å². The SMILES string of the molecule is CN(C(=O)[C@@H]1CCC[C@@H]1CN)C1CCN(c2ccccc2Cl)C1=O. The fourth-order valence-corrected chi connectivity index (χ4v) is 4.23. The lowest BCUT2D eigenvalue weighted by molar-refractivity contribution is -0.141. The molecule has 3 rings (SSSR count). The minimum atomic E-state index is -0.409. The lowest BCUT2D eigenvalue weighted by Gasteiger charge is -2.28. The molecule has 1 heterocycles. The molecule has 1 aromatic carbocycles. The highest BCUT2D eigenvalue weighted by atomic mass is 35.5. The molecule has 5 nitrogen and oxygen atoms in total. The topological polar surface area (TPSA) is 66.6 Å². The molecule has 1 unspecified atom stereocenters. The van der Waals surface area contributed by atoms with Crippen molar-refractivity contribution < 1.29 is 9.59 Å². The second-order valence-electron chi connectivity index (χ2n) is 6.73. The summed E-state index contributed by atoms with van der Waals surface area (Å²) in [5.74, 6) is 0.210. The Morgan fingerprint density at radius 2 is 2.08 bits per heavy atom. The van der Waals surface area contributed by atoms with E-state index >= 15 is 0 Å². The zero-order chi connectivity index (χ0) is 17.3. The van der Waals surface area contributed by atoms with Gasteiger partial charge in [-0.1, -0.05) is 30.2 Å². The number of para-hydroxylation sites is 1. The zero-order valence-electron chi connectivity index (χ0n) is 14.0. The third-order valence-electron chi connectivity index (χ3n) is 5.41. The van der Waals surface area contributed by atoms with Gasteiger partial charge in [0.25, 0.3) is 0 Å². The molecule has 130 valence electrons. The monoisotopic (exact) mass is 349 g/mol. The van der Waals surface area contributed by atoms with Crippen LogP contribution >= 0.6 is 11.6 Å². The smallest absolute Gasteiger partial charge is 0.249 e. The molecule has 1 aromatic rings. The van der Waals surface area contributed by atoms with Crippen LogP contribution in [-0.2, 0) is 9.59 Å². The van der Waals surface area contributed by atoms with Gasteiger partial charge in [0.1, 0.15) is 6.04 Å². The number of nitrogens with two attached hydrogens (primary N) is 1. The van der Waals surface area contributed by atoms with Crippen molar-refractivity contribution in [2.24, 2.45) is 17.6 Å². The highest BCUT2D eigenvalue weighted by Crippen LogP contribution is 2.34. The van der Waals surface area contributed by atoms with Crippen molar-refractivity contribution in [3.05, 3.63) is 29.3 Å². The Morgan fingerprint density at radius 3 is 2.79 bits per heavy atom. The number of carbonyl (C=O) groups is 2. The van der Waals surface area contributed by atoms with Gasteiger partial charge in [0.2, 0.25) is 11.8 Å². The fourth-order valence-electron chi connectivity index (χ4n) is 3.99. The molecule has 3 atom stereocenters. The molecule has 1 aliphatic carbocycles. The van der Waals surface area contributed by atoms with Gasteiger partial charge in [0.15, 0.2) is 0 Å². The number of nitrogens with zero attached hydrogens (tertiary/aromatic N) is 2. The van der Waals surface area contributed by atoms with E-state index < -0.39 is 6.04 Å². The summed E-state index contributed by atoms with van der Waals surface area (Å²) in [6.07, 6.45) is 3.55. The number of hydrogen-bond donors (Lipinski definition) is 1. The first kappa shape index (κ1) is 17.2. The number of likely N-dealkylation sites (N-methyl/N-ethyl adjacent to an activating group) is 1. The van der Waals surface area contributed by atoms with Gasteiger partial charge in [0, 0.05) is 19.5 Å². The van der Waals surface area contributed by atoms with Crippen LogP contribution in [0, 0.1) is 11.8 Å². The maximum absolute atomic E-state index is 12.8. The van der Waals surface area contributed by atoms with E-state index in [1.54, 1.807) is 22.9 Å². The summed E-state index contributed by atoms with van der Waals surface area (Å²) in [5, 5.41) is 0.555. The van der Waals surface area contributed by atoms with Gasteiger partial charge < -0.3 is 15.5 Å². The normalized spacial score (nSPS) is 26.9. The number of rotatable bonds is 4. The number of benzene rings is 1. The van der Waals surface area contributed by atoms with Crippen molar-refractivity contribution in [1.29, 1.82) is 0 Å². The van der Waals surface area contributed by atoms with Crippen LogP contribution in [0.4, 0.5) is 5.69 Å². The first-order chi connectivity index (χ1) is 11.5. The molecule has 1 aliphatic heterocycles. The Kier molecular flexibility index (Phi) is 5.11. The Bertz CT molecular complexity index is 636. The summed E-state index contributed by atoms with van der Waals surface area (Å²) in [5.41, 5.74) is 6.51. The minimum Gasteiger partial charge on any atom is -0.333 e. The first-order valence-electron chi connectivity index (χ1n) is 8.57. The van der Waals surface area contributed by atoms with Gasteiger partial charge in [-0.05, 0) is 43.9 Å². The van der Waals surface area contributed by atoms with E-state index in [9.17, 15) is 9.59 Å². The predicted molar refractivity (Wildman–Crippen MR) is 94.9 cm³/mol. The highest BCUT2D eigenvalue weighted by molar-refractivity contribution is 6.34. The molecule has 6 heteroatoms. The fraction of sp³-hybridized carbons (Fsp3) is 0.556. The van der Waals surface area contributed by atoms with E-state index in [4.69, 9.17) is 17.3 Å². The second kappa shape index (κ2) is 7.11. The van der Waals surface area contributed by atoms with Crippen molar-refractivity contribution in [3.63, 3.8) is 0 Å². The Hall–Kier alpha value is -1.59. The van der Waals surface area contributed by atoms with Crippen LogP contribution in [0.15, 0.2) is 24.3 Å². The van der Waals surface area contributed by atoms with Crippen LogP contribution in [0.5, 0.6) is 0 Å². The number of amides is 2. The molecule has 1 saturated heterocycles. The Balaban J connectivity index is 1.73. The van der Waals surface area contributed by atoms with Crippen LogP contribution in [0.2, 0.25) is 5.02 Å². The van der Waals surface area contributed by atoms with E-state index in [1.165, 1.54) is 0 Å². The van der Waals surface area contributed by atoms with E-state index in [-0.39, 0.29) is 23.7 Å². The maximum atomic E-state index is 12.8. The van der Waals surface area contributed by atoms with Crippen LogP contribution in [0.3, 0.4) is 0 Å². The van der Waals surface area contributed by atoms with Crippen LogP contribution < -0.4 is 10.6 Å².